The highest BCUT2D eigenvalue weighted by Crippen LogP contribution is 2.40. The molecule has 26 heavy (non-hydrogen) atoms. The highest BCUT2D eigenvalue weighted by atomic mass is 16.2. The molecule has 2 aromatic rings. The Morgan fingerprint density at radius 2 is 1.54 bits per heavy atom. The van der Waals surface area contributed by atoms with Gasteiger partial charge in [-0.1, -0.05) is 60.7 Å². The van der Waals surface area contributed by atoms with Crippen molar-refractivity contribution in [3.05, 3.63) is 71.8 Å². The Hall–Kier alpha value is -2.62. The molecular formula is C22H26N2O2. The molecule has 4 heteroatoms. The summed E-state index contributed by atoms with van der Waals surface area (Å²) in [4.78, 5) is 26.1. The van der Waals surface area contributed by atoms with Gasteiger partial charge in [0.15, 0.2) is 0 Å². The van der Waals surface area contributed by atoms with Gasteiger partial charge in [-0.25, -0.2) is 0 Å². The van der Waals surface area contributed by atoms with Gasteiger partial charge >= 0.3 is 0 Å². The number of nitrogens with one attached hydrogen (secondary N) is 1. The van der Waals surface area contributed by atoms with E-state index in [1.807, 2.05) is 17.0 Å². The van der Waals surface area contributed by atoms with Crippen molar-refractivity contribution in [1.82, 2.24) is 10.2 Å². The normalized spacial score (nSPS) is 17.4. The van der Waals surface area contributed by atoms with Gasteiger partial charge in [-0.2, -0.15) is 0 Å². The van der Waals surface area contributed by atoms with Crippen molar-refractivity contribution in [2.75, 3.05) is 13.1 Å². The Labute approximate surface area is 155 Å². The Morgan fingerprint density at radius 1 is 1.00 bits per heavy atom. The second-order valence-corrected chi connectivity index (χ2v) is 7.10. The van der Waals surface area contributed by atoms with E-state index in [-0.39, 0.29) is 17.2 Å². The van der Waals surface area contributed by atoms with Crippen LogP contribution in [-0.2, 0) is 15.0 Å². The third-order valence-electron chi connectivity index (χ3n) is 5.25. The molecule has 1 aliphatic heterocycles. The second-order valence-electron chi connectivity index (χ2n) is 7.10. The van der Waals surface area contributed by atoms with Crippen LogP contribution in [0.1, 0.15) is 37.8 Å². The molecular weight excluding hydrogens is 324 g/mol. The van der Waals surface area contributed by atoms with Crippen molar-refractivity contribution in [2.24, 2.45) is 0 Å². The molecule has 0 unspecified atom stereocenters. The van der Waals surface area contributed by atoms with Crippen LogP contribution in [0.5, 0.6) is 0 Å². The Kier molecular flexibility index (Phi) is 5.40. The number of benzene rings is 2. The fourth-order valence-electron chi connectivity index (χ4n) is 4.04. The molecule has 0 spiro atoms. The van der Waals surface area contributed by atoms with E-state index in [9.17, 15) is 9.59 Å². The largest absolute Gasteiger partial charge is 0.345 e. The summed E-state index contributed by atoms with van der Waals surface area (Å²) in [6.45, 7) is 4.55. The molecule has 0 aromatic heterocycles. The standard InChI is InChI=1S/C22H26N2O2/c1-17(23-18(2)25)21(26)24-15-9-14-22(16-24,19-10-5-3-6-11-19)20-12-7-4-8-13-20/h3-8,10-13,17H,9,14-16H2,1-2H3,(H,23,25)/t17-/m0/s1. The van der Waals surface area contributed by atoms with E-state index in [4.69, 9.17) is 0 Å². The van der Waals surface area contributed by atoms with E-state index >= 15 is 0 Å². The van der Waals surface area contributed by atoms with Crippen molar-refractivity contribution in [1.29, 1.82) is 0 Å². The minimum atomic E-state index is -0.505. The van der Waals surface area contributed by atoms with E-state index in [1.165, 1.54) is 18.1 Å². The predicted octanol–water partition coefficient (Wildman–Crippen LogP) is 3.12. The molecule has 1 N–H and O–H groups in total. The number of nitrogens with zero attached hydrogens (tertiary/aromatic N) is 1. The first kappa shape index (κ1) is 18.2. The minimum absolute atomic E-state index is 0.0175. The molecule has 0 radical (unpaired) electrons. The molecule has 1 atom stereocenters. The van der Waals surface area contributed by atoms with Gasteiger partial charge in [0.2, 0.25) is 11.8 Å². The van der Waals surface area contributed by atoms with Gasteiger partial charge in [0.05, 0.1) is 0 Å². The fraction of sp³-hybridized carbons (Fsp3) is 0.364. The predicted molar refractivity (Wildman–Crippen MR) is 103 cm³/mol. The quantitative estimate of drug-likeness (QED) is 0.921. The molecule has 1 fully saturated rings. The fourth-order valence-corrected chi connectivity index (χ4v) is 4.04. The molecule has 136 valence electrons. The molecule has 3 rings (SSSR count). The maximum Gasteiger partial charge on any atom is 0.244 e. The van der Waals surface area contributed by atoms with E-state index in [0.29, 0.717) is 6.54 Å². The molecule has 2 aromatic carbocycles. The number of likely N-dealkylation sites (tertiary alicyclic amines) is 1. The average Bonchev–Trinajstić information content (AvgIpc) is 2.68. The summed E-state index contributed by atoms with van der Waals surface area (Å²) >= 11 is 0. The number of hydrogen-bond acceptors (Lipinski definition) is 2. The second kappa shape index (κ2) is 7.73. The highest BCUT2D eigenvalue weighted by Gasteiger charge is 2.40. The van der Waals surface area contributed by atoms with Crippen LogP contribution >= 0.6 is 0 Å². The summed E-state index contributed by atoms with van der Waals surface area (Å²) in [5.74, 6) is -0.198. The summed E-state index contributed by atoms with van der Waals surface area (Å²) in [6.07, 6.45) is 1.93. The molecule has 0 aliphatic carbocycles. The van der Waals surface area contributed by atoms with Crippen LogP contribution in [-0.4, -0.2) is 35.8 Å². The maximum atomic E-state index is 12.9. The maximum absolute atomic E-state index is 12.9. The first-order valence-corrected chi connectivity index (χ1v) is 9.20. The van der Waals surface area contributed by atoms with Crippen molar-refractivity contribution in [3.63, 3.8) is 0 Å². The zero-order chi connectivity index (χ0) is 18.6. The van der Waals surface area contributed by atoms with Crippen LogP contribution < -0.4 is 5.32 Å². The SMILES string of the molecule is CC(=O)N[C@@H](C)C(=O)N1CCCC(c2ccccc2)(c2ccccc2)C1. The van der Waals surface area contributed by atoms with Gasteiger partial charge in [-0.3, -0.25) is 9.59 Å². The first-order valence-electron chi connectivity index (χ1n) is 9.20. The Balaban J connectivity index is 1.95. The van der Waals surface area contributed by atoms with Crippen molar-refractivity contribution >= 4 is 11.8 Å². The van der Waals surface area contributed by atoms with Crippen LogP contribution in [0.15, 0.2) is 60.7 Å². The summed E-state index contributed by atoms with van der Waals surface area (Å²) in [5, 5.41) is 2.72. The number of piperidine rings is 1. The number of rotatable bonds is 4. The van der Waals surface area contributed by atoms with Gasteiger partial charge in [0, 0.05) is 25.4 Å². The molecule has 1 saturated heterocycles. The van der Waals surface area contributed by atoms with Crippen LogP contribution in [0.2, 0.25) is 0 Å². The third-order valence-corrected chi connectivity index (χ3v) is 5.25. The summed E-state index contributed by atoms with van der Waals surface area (Å²) < 4.78 is 0. The number of carbonyl (C=O) groups is 2. The summed E-state index contributed by atoms with van der Waals surface area (Å²) in [6, 6.07) is 20.4. The van der Waals surface area contributed by atoms with E-state index in [2.05, 4.69) is 53.8 Å². The summed E-state index contributed by atoms with van der Waals surface area (Å²) in [7, 11) is 0. The molecule has 1 heterocycles. The zero-order valence-electron chi connectivity index (χ0n) is 15.4. The zero-order valence-corrected chi connectivity index (χ0v) is 15.4. The van der Waals surface area contributed by atoms with Crippen LogP contribution in [0, 0.1) is 0 Å². The lowest BCUT2D eigenvalue weighted by atomic mass is 9.69. The smallest absolute Gasteiger partial charge is 0.244 e. The van der Waals surface area contributed by atoms with Gasteiger partial charge < -0.3 is 10.2 Å². The highest BCUT2D eigenvalue weighted by molar-refractivity contribution is 5.86. The van der Waals surface area contributed by atoms with E-state index in [0.717, 1.165) is 19.4 Å². The average molecular weight is 350 g/mol. The lowest BCUT2D eigenvalue weighted by Gasteiger charge is -2.44. The minimum Gasteiger partial charge on any atom is -0.345 e. The van der Waals surface area contributed by atoms with Crippen molar-refractivity contribution in [3.8, 4) is 0 Å². The number of hydrogen-bond donors (Lipinski definition) is 1. The lowest BCUT2D eigenvalue weighted by molar-refractivity contribution is -0.137. The monoisotopic (exact) mass is 350 g/mol. The molecule has 2 amide bonds. The van der Waals surface area contributed by atoms with Crippen LogP contribution in [0.25, 0.3) is 0 Å². The van der Waals surface area contributed by atoms with Crippen molar-refractivity contribution < 1.29 is 9.59 Å². The Morgan fingerprint density at radius 3 is 2.04 bits per heavy atom. The van der Waals surface area contributed by atoms with Crippen molar-refractivity contribution in [2.45, 2.75) is 38.1 Å². The van der Waals surface area contributed by atoms with Crippen LogP contribution in [0.4, 0.5) is 0 Å². The molecule has 1 aliphatic rings. The molecule has 0 bridgehead atoms. The van der Waals surface area contributed by atoms with Gasteiger partial charge in [-0.05, 0) is 30.9 Å². The van der Waals surface area contributed by atoms with E-state index in [1.54, 1.807) is 6.92 Å². The van der Waals surface area contributed by atoms with E-state index < -0.39 is 6.04 Å². The van der Waals surface area contributed by atoms with Crippen LogP contribution in [0.3, 0.4) is 0 Å². The third kappa shape index (κ3) is 3.64. The van der Waals surface area contributed by atoms with Gasteiger partial charge in [0.25, 0.3) is 0 Å². The number of carbonyl (C=O) groups excluding carboxylic acids is 2. The number of amides is 2. The lowest BCUT2D eigenvalue weighted by Crippen LogP contribution is -2.54. The summed E-state index contributed by atoms with van der Waals surface area (Å²) in [5.41, 5.74) is 2.25. The molecule has 0 saturated carbocycles. The topological polar surface area (TPSA) is 49.4 Å². The first-order chi connectivity index (χ1) is 12.5. The Bertz CT molecular complexity index is 719. The van der Waals surface area contributed by atoms with Gasteiger partial charge in [0.1, 0.15) is 6.04 Å². The molecule has 4 nitrogen and oxygen atoms in total. The van der Waals surface area contributed by atoms with Gasteiger partial charge in [-0.15, -0.1) is 0 Å².